The van der Waals surface area contributed by atoms with Crippen molar-refractivity contribution >= 4 is 98.8 Å². The number of fused-ring (bicyclic) bond motifs is 1. The summed E-state index contributed by atoms with van der Waals surface area (Å²) >= 11 is 0. The zero-order valence-electron chi connectivity index (χ0n) is 34.6. The molecule has 28 nitrogen and oxygen atoms in total. The molecule has 0 aromatic heterocycles. The predicted octanol–water partition coefficient (Wildman–Crippen LogP) is 4.51. The van der Waals surface area contributed by atoms with Gasteiger partial charge in [0.1, 0.15) is 68.7 Å². The van der Waals surface area contributed by atoms with E-state index in [1.807, 2.05) is 0 Å². The van der Waals surface area contributed by atoms with E-state index in [2.05, 4.69) is 35.8 Å². The molecule has 0 spiro atoms. The van der Waals surface area contributed by atoms with Crippen LogP contribution in [0.2, 0.25) is 0 Å². The van der Waals surface area contributed by atoms with Gasteiger partial charge in [-0.05, 0) is 60.7 Å². The van der Waals surface area contributed by atoms with Gasteiger partial charge in [-0.1, -0.05) is 0 Å². The first-order valence-corrected chi connectivity index (χ1v) is 23.1. The van der Waals surface area contributed by atoms with E-state index in [1.165, 1.54) is 25.3 Å². The Bertz CT molecular complexity index is 3380. The maximum atomic E-state index is 13.4. The predicted molar refractivity (Wildman–Crippen MR) is 232 cm³/mol. The number of aliphatic hydroxyl groups excluding tert-OH is 2. The first-order valence-electron chi connectivity index (χ1n) is 18.8. The number of carboxylic acids is 2. The molecule has 31 heteroatoms. The van der Waals surface area contributed by atoms with Crippen molar-refractivity contribution in [2.45, 2.75) is 20.7 Å². The standard InChI is InChI=1S/C38H32N8O20S3/c1-64-19-4-8-24(23(14-19)37(51)52)39-41-26-16-29(66-13-11-48)27(17-28(26)65-12-10-47)42-43-31-30(68(58,59)60)15-22-21(34(31)49)7-9-25(35(22)69(61,62)63)40-44-32-33(38(53)54)45-46(36(32)50)18-2-5-20(6-3-18)67(55,56)57/h2-9,14-17,32,47-49H,10-13H2,1H3,(H,51,52)(H,53,54)(H,55,56,57)(H,58,59,60)(H,61,62,63)/b41-39+,43-42+,44-40+. The lowest BCUT2D eigenvalue weighted by molar-refractivity contribution is -0.130. The summed E-state index contributed by atoms with van der Waals surface area (Å²) in [5, 5.41) is 75.7. The molecule has 0 saturated carbocycles. The van der Waals surface area contributed by atoms with Gasteiger partial charge in [-0.15, -0.1) is 20.5 Å². The summed E-state index contributed by atoms with van der Waals surface area (Å²) in [4.78, 5) is 34.2. The third-order valence-corrected chi connectivity index (χ3v) is 11.9. The number of phenols is 1. The molecule has 0 fully saturated rings. The number of aliphatic hydroxyl groups is 2. The lowest BCUT2D eigenvalue weighted by Gasteiger charge is -2.14. The molecule has 6 rings (SSSR count). The summed E-state index contributed by atoms with van der Waals surface area (Å²) in [6.45, 7) is -1.88. The molecule has 0 radical (unpaired) electrons. The number of aromatic hydroxyl groups is 1. The molecular formula is C38H32N8O20S3. The molecule has 5 aromatic carbocycles. The van der Waals surface area contributed by atoms with Crippen molar-refractivity contribution in [3.63, 3.8) is 0 Å². The van der Waals surface area contributed by atoms with Crippen LogP contribution in [0.3, 0.4) is 0 Å². The van der Waals surface area contributed by atoms with Crippen molar-refractivity contribution in [3.05, 3.63) is 78.4 Å². The molecule has 1 unspecified atom stereocenters. The molecule has 362 valence electrons. The Morgan fingerprint density at radius 1 is 0.681 bits per heavy atom. The Labute approximate surface area is 387 Å². The van der Waals surface area contributed by atoms with Crippen LogP contribution in [0.1, 0.15) is 10.4 Å². The number of ether oxygens (including phenoxy) is 3. The number of hydrogen-bond acceptors (Lipinski definition) is 22. The Balaban J connectivity index is 1.45. The molecule has 0 bridgehead atoms. The van der Waals surface area contributed by atoms with Gasteiger partial charge >= 0.3 is 11.9 Å². The molecular weight excluding hydrogens is 985 g/mol. The van der Waals surface area contributed by atoms with E-state index in [0.29, 0.717) is 11.1 Å². The monoisotopic (exact) mass is 1020 g/mol. The van der Waals surface area contributed by atoms with Crippen molar-refractivity contribution < 1.29 is 93.0 Å². The molecule has 5 aromatic rings. The maximum Gasteiger partial charge on any atom is 0.355 e. The van der Waals surface area contributed by atoms with Crippen molar-refractivity contribution in [1.82, 2.24) is 0 Å². The van der Waals surface area contributed by atoms with Gasteiger partial charge in [-0.25, -0.2) is 9.59 Å². The second-order valence-corrected chi connectivity index (χ2v) is 17.7. The van der Waals surface area contributed by atoms with Gasteiger partial charge in [0.05, 0.1) is 36.5 Å². The van der Waals surface area contributed by atoms with E-state index in [-0.39, 0.29) is 52.2 Å². The number of methoxy groups -OCH3 is 1. The average Bonchev–Trinajstić information content (AvgIpc) is 3.62. The number of benzene rings is 5. The smallest absolute Gasteiger partial charge is 0.355 e. The van der Waals surface area contributed by atoms with E-state index in [1.54, 1.807) is 0 Å². The summed E-state index contributed by atoms with van der Waals surface area (Å²) < 4.78 is 121. The number of hydrogen-bond donors (Lipinski definition) is 8. The van der Waals surface area contributed by atoms with Crippen LogP contribution in [-0.4, -0.2) is 128 Å². The topological polar surface area (TPSA) is 433 Å². The number of aliphatic carboxylic acids is 1. The van der Waals surface area contributed by atoms with Crippen LogP contribution in [0.5, 0.6) is 23.0 Å². The Morgan fingerprint density at radius 2 is 1.26 bits per heavy atom. The Morgan fingerprint density at radius 3 is 1.78 bits per heavy atom. The summed E-state index contributed by atoms with van der Waals surface area (Å²) in [6.07, 6.45) is 0. The first kappa shape index (κ1) is 50.5. The summed E-state index contributed by atoms with van der Waals surface area (Å²) in [5.74, 6) is -5.90. The summed E-state index contributed by atoms with van der Waals surface area (Å²) in [6, 6.07) is 9.80. The highest BCUT2D eigenvalue weighted by Gasteiger charge is 2.41. The third-order valence-electron chi connectivity index (χ3n) is 9.18. The van der Waals surface area contributed by atoms with E-state index in [4.69, 9.17) is 14.2 Å². The van der Waals surface area contributed by atoms with Gasteiger partial charge in [-0.2, -0.15) is 45.6 Å². The molecule has 1 amide bonds. The SMILES string of the molecule is COc1ccc(/N=N/c2cc(OCCO)c(/N=N/c3c(S(=O)(=O)O)cc4c(S(=O)(=O)O)c(/N=N/C5C(=O)N(c6ccc(S(=O)(=O)O)cc6)N=C5C(=O)O)ccc4c3O)cc2OCCO)c(C(=O)O)c1. The minimum Gasteiger partial charge on any atom is -0.505 e. The van der Waals surface area contributed by atoms with Gasteiger partial charge < -0.3 is 39.7 Å². The van der Waals surface area contributed by atoms with Crippen LogP contribution in [0.4, 0.5) is 34.1 Å². The highest BCUT2D eigenvalue weighted by molar-refractivity contribution is 7.86. The summed E-state index contributed by atoms with van der Waals surface area (Å²) in [5.41, 5.74) is -4.08. The van der Waals surface area contributed by atoms with Gasteiger partial charge in [0, 0.05) is 22.9 Å². The average molecular weight is 1020 g/mol. The number of anilines is 1. The number of carbonyl (C=O) groups is 3. The first-order chi connectivity index (χ1) is 32.5. The fraction of sp³-hybridized carbons (Fsp3) is 0.158. The third kappa shape index (κ3) is 11.1. The number of aromatic carboxylic acids is 1. The zero-order chi connectivity index (χ0) is 50.6. The van der Waals surface area contributed by atoms with Gasteiger partial charge in [0.25, 0.3) is 36.3 Å². The molecule has 1 aliphatic heterocycles. The molecule has 1 heterocycles. The Kier molecular flexibility index (Phi) is 14.7. The maximum absolute atomic E-state index is 13.4. The zero-order valence-corrected chi connectivity index (χ0v) is 37.1. The number of hydrazone groups is 1. The summed E-state index contributed by atoms with van der Waals surface area (Å²) in [7, 11) is -14.4. The van der Waals surface area contributed by atoms with E-state index in [0.717, 1.165) is 48.5 Å². The molecule has 0 saturated heterocycles. The quantitative estimate of drug-likeness (QED) is 0.0417. The molecule has 8 N–H and O–H groups in total. The van der Waals surface area contributed by atoms with Crippen molar-refractivity contribution in [3.8, 4) is 23.0 Å². The lowest BCUT2D eigenvalue weighted by atomic mass is 10.1. The van der Waals surface area contributed by atoms with Crippen LogP contribution in [0.15, 0.2) is 123 Å². The van der Waals surface area contributed by atoms with Gasteiger partial charge in [0.15, 0.2) is 11.5 Å². The lowest BCUT2D eigenvalue weighted by Crippen LogP contribution is -2.33. The number of carbonyl (C=O) groups excluding carboxylic acids is 1. The second-order valence-electron chi connectivity index (χ2n) is 13.6. The number of amides is 1. The number of azo groups is 3. The van der Waals surface area contributed by atoms with Gasteiger partial charge in [-0.3, -0.25) is 18.5 Å². The van der Waals surface area contributed by atoms with Crippen LogP contribution in [0, 0.1) is 0 Å². The molecule has 69 heavy (non-hydrogen) atoms. The molecule has 1 aliphatic rings. The normalized spacial score (nSPS) is 14.6. The van der Waals surface area contributed by atoms with Crippen LogP contribution in [-0.2, 0) is 39.9 Å². The van der Waals surface area contributed by atoms with Crippen LogP contribution in [0.25, 0.3) is 10.8 Å². The largest absolute Gasteiger partial charge is 0.505 e. The fourth-order valence-corrected chi connectivity index (χ4v) is 8.10. The van der Waals surface area contributed by atoms with Crippen molar-refractivity contribution in [2.24, 2.45) is 35.8 Å². The molecule has 1 atom stereocenters. The Hall–Kier alpha value is -7.91. The minimum absolute atomic E-state index is 0.140. The number of rotatable bonds is 19. The van der Waals surface area contributed by atoms with Crippen LogP contribution < -0.4 is 19.2 Å². The second kappa shape index (κ2) is 20.1. The highest BCUT2D eigenvalue weighted by Crippen LogP contribution is 2.47. The molecule has 0 aliphatic carbocycles. The van der Waals surface area contributed by atoms with Crippen molar-refractivity contribution in [1.29, 1.82) is 0 Å². The highest BCUT2D eigenvalue weighted by atomic mass is 32.2. The van der Waals surface area contributed by atoms with E-state index < -0.39 is 122 Å². The van der Waals surface area contributed by atoms with Crippen LogP contribution >= 0.6 is 0 Å². The van der Waals surface area contributed by atoms with Gasteiger partial charge in [0.2, 0.25) is 6.04 Å². The minimum atomic E-state index is -5.56. The number of nitrogens with zero attached hydrogens (tertiary/aromatic N) is 8. The van der Waals surface area contributed by atoms with E-state index >= 15 is 0 Å². The fourth-order valence-electron chi connectivity index (χ4n) is 6.15. The number of phenolic OH excluding ortho intramolecular Hbond substituents is 1. The number of carboxylic acid groups (broad SMARTS) is 2. The van der Waals surface area contributed by atoms with E-state index in [9.17, 15) is 78.8 Å². The van der Waals surface area contributed by atoms with Crippen molar-refractivity contribution in [2.75, 3.05) is 38.5 Å².